The van der Waals surface area contributed by atoms with Crippen LogP contribution in [0.15, 0.2) is 48.5 Å². The highest BCUT2D eigenvalue weighted by atomic mass is 16.5. The minimum atomic E-state index is 0.801. The Morgan fingerprint density at radius 2 is 1.53 bits per heavy atom. The van der Waals surface area contributed by atoms with Crippen molar-refractivity contribution in [2.24, 2.45) is 0 Å². The van der Waals surface area contributed by atoms with E-state index < -0.39 is 0 Å². The molecule has 0 N–H and O–H groups in total. The maximum absolute atomic E-state index is 5.81. The highest BCUT2D eigenvalue weighted by molar-refractivity contribution is 5.32. The van der Waals surface area contributed by atoms with E-state index in [1.54, 1.807) is 0 Å². The summed E-state index contributed by atoms with van der Waals surface area (Å²) in [5, 5.41) is 0. The van der Waals surface area contributed by atoms with Gasteiger partial charge in [-0.1, -0.05) is 36.4 Å². The molecule has 2 aromatic rings. The molecule has 0 heterocycles. The smallest absolute Gasteiger partial charge is 0.119 e. The molecule has 0 fully saturated rings. The van der Waals surface area contributed by atoms with Gasteiger partial charge in [0.1, 0.15) is 5.75 Å². The predicted molar refractivity (Wildman–Crippen MR) is 80.8 cm³/mol. The fourth-order valence-electron chi connectivity index (χ4n) is 2.28. The first-order chi connectivity index (χ1) is 9.24. The molecule has 0 saturated carbocycles. The summed E-state index contributed by atoms with van der Waals surface area (Å²) in [4.78, 5) is 0. The molecule has 0 saturated heterocycles. The van der Waals surface area contributed by atoms with Crippen LogP contribution in [0.2, 0.25) is 0 Å². The maximum atomic E-state index is 5.81. The molecule has 0 aromatic heterocycles. The van der Waals surface area contributed by atoms with Crippen LogP contribution in [0.4, 0.5) is 0 Å². The summed E-state index contributed by atoms with van der Waals surface area (Å²) in [6.07, 6.45) is 3.41. The highest BCUT2D eigenvalue weighted by Crippen LogP contribution is 2.16. The van der Waals surface area contributed by atoms with E-state index in [0.29, 0.717) is 0 Å². The number of benzene rings is 2. The second-order valence-electron chi connectivity index (χ2n) is 5.11. The molecule has 0 atom stereocenters. The lowest BCUT2D eigenvalue weighted by Gasteiger charge is -2.08. The van der Waals surface area contributed by atoms with Gasteiger partial charge in [0.25, 0.3) is 0 Å². The molecule has 0 aliphatic rings. The van der Waals surface area contributed by atoms with E-state index in [1.807, 2.05) is 0 Å². The van der Waals surface area contributed by atoms with Gasteiger partial charge in [0.2, 0.25) is 0 Å². The fourth-order valence-corrected chi connectivity index (χ4v) is 2.28. The Balaban J connectivity index is 1.69. The Morgan fingerprint density at radius 1 is 0.842 bits per heavy atom. The fraction of sp³-hybridized carbons (Fsp3) is 0.333. The van der Waals surface area contributed by atoms with E-state index in [9.17, 15) is 0 Å². The van der Waals surface area contributed by atoms with Crippen LogP contribution < -0.4 is 4.74 Å². The second kappa shape index (κ2) is 6.98. The number of hydrogen-bond donors (Lipinski definition) is 0. The van der Waals surface area contributed by atoms with Crippen molar-refractivity contribution in [3.05, 3.63) is 65.2 Å². The van der Waals surface area contributed by atoms with Crippen LogP contribution in [0, 0.1) is 13.8 Å². The van der Waals surface area contributed by atoms with Crippen LogP contribution in [0.5, 0.6) is 5.75 Å². The molecule has 19 heavy (non-hydrogen) atoms. The van der Waals surface area contributed by atoms with Gasteiger partial charge >= 0.3 is 0 Å². The van der Waals surface area contributed by atoms with E-state index in [1.165, 1.54) is 23.1 Å². The van der Waals surface area contributed by atoms with Gasteiger partial charge < -0.3 is 4.74 Å². The third kappa shape index (κ3) is 4.78. The third-order valence-electron chi connectivity index (χ3n) is 3.17. The maximum Gasteiger partial charge on any atom is 0.119 e. The molecular formula is C18H22O. The van der Waals surface area contributed by atoms with Crippen LogP contribution in [0.25, 0.3) is 0 Å². The molecule has 2 rings (SSSR count). The van der Waals surface area contributed by atoms with Gasteiger partial charge in [-0.3, -0.25) is 0 Å². The van der Waals surface area contributed by atoms with Crippen LogP contribution in [-0.2, 0) is 6.42 Å². The summed E-state index contributed by atoms with van der Waals surface area (Å²) < 4.78 is 5.81. The topological polar surface area (TPSA) is 9.23 Å². The average molecular weight is 254 g/mol. The minimum Gasteiger partial charge on any atom is -0.494 e. The number of hydrogen-bond acceptors (Lipinski definition) is 1. The molecule has 0 amide bonds. The van der Waals surface area contributed by atoms with E-state index in [0.717, 1.165) is 25.2 Å². The van der Waals surface area contributed by atoms with E-state index in [-0.39, 0.29) is 0 Å². The summed E-state index contributed by atoms with van der Waals surface area (Å²) in [5.74, 6) is 0.997. The standard InChI is InChI=1S/C18H22O/c1-15-12-16(2)14-18(13-15)19-11-7-6-10-17-8-4-3-5-9-17/h3-5,8-9,12-14H,6-7,10-11H2,1-2H3. The van der Waals surface area contributed by atoms with Gasteiger partial charge in [-0.05, 0) is 61.9 Å². The first kappa shape index (κ1) is 13.7. The summed E-state index contributed by atoms with van der Waals surface area (Å²) in [7, 11) is 0. The largest absolute Gasteiger partial charge is 0.494 e. The molecule has 0 bridgehead atoms. The zero-order valence-electron chi connectivity index (χ0n) is 11.9. The van der Waals surface area contributed by atoms with E-state index in [2.05, 4.69) is 62.4 Å². The van der Waals surface area contributed by atoms with Crippen molar-refractivity contribution < 1.29 is 4.74 Å². The molecular weight excluding hydrogens is 232 g/mol. The first-order valence-electron chi connectivity index (χ1n) is 6.99. The molecule has 1 nitrogen and oxygen atoms in total. The third-order valence-corrected chi connectivity index (χ3v) is 3.17. The molecule has 0 aliphatic heterocycles. The van der Waals surface area contributed by atoms with Crippen LogP contribution in [-0.4, -0.2) is 6.61 Å². The Morgan fingerprint density at radius 3 is 2.21 bits per heavy atom. The number of rotatable bonds is 6. The van der Waals surface area contributed by atoms with Crippen LogP contribution in [0.3, 0.4) is 0 Å². The van der Waals surface area contributed by atoms with E-state index in [4.69, 9.17) is 4.74 Å². The van der Waals surface area contributed by atoms with Gasteiger partial charge in [-0.25, -0.2) is 0 Å². The van der Waals surface area contributed by atoms with Crippen molar-refractivity contribution in [1.29, 1.82) is 0 Å². The normalized spacial score (nSPS) is 10.4. The molecule has 0 radical (unpaired) electrons. The van der Waals surface area contributed by atoms with Crippen LogP contribution in [0.1, 0.15) is 29.5 Å². The molecule has 0 spiro atoms. The number of unbranched alkanes of at least 4 members (excludes halogenated alkanes) is 1. The summed E-state index contributed by atoms with van der Waals surface area (Å²) in [6.45, 7) is 5.01. The predicted octanol–water partition coefficient (Wildman–Crippen LogP) is 4.71. The zero-order valence-corrected chi connectivity index (χ0v) is 11.9. The highest BCUT2D eigenvalue weighted by Gasteiger charge is 1.97. The Kier molecular flexibility index (Phi) is 5.02. The number of ether oxygens (including phenoxy) is 1. The Labute approximate surface area is 116 Å². The Bertz CT molecular complexity index is 482. The summed E-state index contributed by atoms with van der Waals surface area (Å²) >= 11 is 0. The lowest BCUT2D eigenvalue weighted by Crippen LogP contribution is -1.99. The SMILES string of the molecule is Cc1cc(C)cc(OCCCCc2ccccc2)c1. The van der Waals surface area contributed by atoms with Gasteiger partial charge in [-0.2, -0.15) is 0 Å². The van der Waals surface area contributed by atoms with E-state index >= 15 is 0 Å². The van der Waals surface area contributed by atoms with Crippen molar-refractivity contribution >= 4 is 0 Å². The molecule has 0 aliphatic carbocycles. The zero-order chi connectivity index (χ0) is 13.5. The van der Waals surface area contributed by atoms with Gasteiger partial charge in [-0.15, -0.1) is 0 Å². The van der Waals surface area contributed by atoms with Crippen molar-refractivity contribution in [3.8, 4) is 5.75 Å². The summed E-state index contributed by atoms with van der Waals surface area (Å²) in [5.41, 5.74) is 3.94. The van der Waals surface area contributed by atoms with Gasteiger partial charge in [0.05, 0.1) is 6.61 Å². The van der Waals surface area contributed by atoms with Crippen LogP contribution >= 0.6 is 0 Å². The second-order valence-corrected chi connectivity index (χ2v) is 5.11. The van der Waals surface area contributed by atoms with Gasteiger partial charge in [0, 0.05) is 0 Å². The first-order valence-corrected chi connectivity index (χ1v) is 6.99. The number of aryl methyl sites for hydroxylation is 3. The molecule has 0 unspecified atom stereocenters. The van der Waals surface area contributed by atoms with Crippen molar-refractivity contribution in [2.75, 3.05) is 6.61 Å². The molecule has 1 heteroatoms. The summed E-state index contributed by atoms with van der Waals surface area (Å²) in [6, 6.07) is 17.0. The van der Waals surface area contributed by atoms with Crippen molar-refractivity contribution in [3.63, 3.8) is 0 Å². The molecule has 2 aromatic carbocycles. The minimum absolute atomic E-state index is 0.801. The Hall–Kier alpha value is -1.76. The quantitative estimate of drug-likeness (QED) is 0.679. The molecule has 100 valence electrons. The lowest BCUT2D eigenvalue weighted by atomic mass is 10.1. The van der Waals surface area contributed by atoms with Gasteiger partial charge in [0.15, 0.2) is 0 Å². The lowest BCUT2D eigenvalue weighted by molar-refractivity contribution is 0.306. The van der Waals surface area contributed by atoms with Crippen molar-refractivity contribution in [1.82, 2.24) is 0 Å². The van der Waals surface area contributed by atoms with Crippen molar-refractivity contribution in [2.45, 2.75) is 33.1 Å². The monoisotopic (exact) mass is 254 g/mol. The average Bonchev–Trinajstić information content (AvgIpc) is 2.38.